The number of urea groups is 1. The maximum atomic E-state index is 12.5. The van der Waals surface area contributed by atoms with Gasteiger partial charge in [0.2, 0.25) is 0 Å². The van der Waals surface area contributed by atoms with Gasteiger partial charge in [0.25, 0.3) is 0 Å². The molecule has 0 saturated carbocycles. The molecule has 1 aliphatic heterocycles. The quantitative estimate of drug-likeness (QED) is 0.859. The van der Waals surface area contributed by atoms with Crippen LogP contribution in [-0.2, 0) is 9.53 Å². The number of aliphatic carboxylic acids is 1. The smallest absolute Gasteiger partial charge is 0.326 e. The summed E-state index contributed by atoms with van der Waals surface area (Å²) in [6.45, 7) is 2.20. The fraction of sp³-hybridized carbons (Fsp3) is 0.529. The molecule has 1 saturated heterocycles. The number of hydrogen-bond acceptors (Lipinski definition) is 4. The van der Waals surface area contributed by atoms with Crippen LogP contribution in [0.1, 0.15) is 31.4 Å². The standard InChI is InChI=1S/C17H24N2O5/c1-11(12-5-4-6-13(9-12)23-2)18-17(22)19-8-7-14(24-3)10-15(19)16(20)21/h4-6,9,11,14-15H,7-8,10H2,1-3H3,(H,18,22)(H,20,21). The number of carbonyl (C=O) groups is 2. The summed E-state index contributed by atoms with van der Waals surface area (Å²) in [4.78, 5) is 25.4. The molecule has 1 aromatic rings. The Bertz CT molecular complexity index is 592. The van der Waals surface area contributed by atoms with E-state index in [2.05, 4.69) is 5.32 Å². The Morgan fingerprint density at radius 2 is 2.12 bits per heavy atom. The lowest BCUT2D eigenvalue weighted by Crippen LogP contribution is -2.55. The van der Waals surface area contributed by atoms with Gasteiger partial charge in [-0.3, -0.25) is 0 Å². The van der Waals surface area contributed by atoms with Crippen molar-refractivity contribution in [3.63, 3.8) is 0 Å². The lowest BCUT2D eigenvalue weighted by atomic mass is 9.99. The molecule has 1 aromatic carbocycles. The third-order valence-electron chi connectivity index (χ3n) is 4.37. The van der Waals surface area contributed by atoms with Crippen molar-refractivity contribution >= 4 is 12.0 Å². The van der Waals surface area contributed by atoms with Gasteiger partial charge in [0.05, 0.1) is 19.3 Å². The van der Waals surface area contributed by atoms with Crippen LogP contribution in [0.5, 0.6) is 5.75 Å². The molecular weight excluding hydrogens is 312 g/mol. The molecule has 132 valence electrons. The number of rotatable bonds is 5. The van der Waals surface area contributed by atoms with E-state index in [-0.39, 0.29) is 18.2 Å². The number of carboxylic acids is 1. The minimum Gasteiger partial charge on any atom is -0.497 e. The number of nitrogens with zero attached hydrogens (tertiary/aromatic N) is 1. The Hall–Kier alpha value is -2.28. The molecule has 0 bridgehead atoms. The summed E-state index contributed by atoms with van der Waals surface area (Å²) in [6, 6.07) is 5.89. The highest BCUT2D eigenvalue weighted by Gasteiger charge is 2.36. The highest BCUT2D eigenvalue weighted by molar-refractivity contribution is 5.83. The summed E-state index contributed by atoms with van der Waals surface area (Å²) in [6.07, 6.45) is 0.791. The summed E-state index contributed by atoms with van der Waals surface area (Å²) < 4.78 is 10.4. The second kappa shape index (κ2) is 8.01. The summed E-state index contributed by atoms with van der Waals surface area (Å²) in [5.74, 6) is -0.307. The van der Waals surface area contributed by atoms with Crippen LogP contribution in [0.3, 0.4) is 0 Å². The molecule has 7 nitrogen and oxygen atoms in total. The van der Waals surface area contributed by atoms with E-state index in [1.165, 1.54) is 4.90 Å². The van der Waals surface area contributed by atoms with Crippen LogP contribution in [0.25, 0.3) is 0 Å². The average Bonchev–Trinajstić information content (AvgIpc) is 2.60. The number of piperidine rings is 1. The molecule has 2 N–H and O–H groups in total. The van der Waals surface area contributed by atoms with Gasteiger partial charge in [-0.1, -0.05) is 12.1 Å². The van der Waals surface area contributed by atoms with Crippen LogP contribution in [0.15, 0.2) is 24.3 Å². The minimum atomic E-state index is -1.01. The van der Waals surface area contributed by atoms with Gasteiger partial charge in [-0.05, 0) is 31.0 Å². The van der Waals surface area contributed by atoms with E-state index < -0.39 is 12.0 Å². The largest absolute Gasteiger partial charge is 0.497 e. The zero-order valence-corrected chi connectivity index (χ0v) is 14.2. The van der Waals surface area contributed by atoms with Crippen molar-refractivity contribution in [3.05, 3.63) is 29.8 Å². The van der Waals surface area contributed by atoms with Gasteiger partial charge in [-0.25, -0.2) is 9.59 Å². The normalized spacial score (nSPS) is 21.9. The lowest BCUT2D eigenvalue weighted by Gasteiger charge is -2.37. The van der Waals surface area contributed by atoms with E-state index in [4.69, 9.17) is 9.47 Å². The molecule has 3 atom stereocenters. The van der Waals surface area contributed by atoms with Gasteiger partial charge in [0.1, 0.15) is 11.8 Å². The van der Waals surface area contributed by atoms with Gasteiger partial charge in [-0.15, -0.1) is 0 Å². The van der Waals surface area contributed by atoms with Crippen molar-refractivity contribution in [1.82, 2.24) is 10.2 Å². The van der Waals surface area contributed by atoms with Crippen LogP contribution < -0.4 is 10.1 Å². The number of amides is 2. The van der Waals surface area contributed by atoms with Crippen molar-refractivity contribution in [2.24, 2.45) is 0 Å². The van der Waals surface area contributed by atoms with Gasteiger partial charge in [-0.2, -0.15) is 0 Å². The maximum Gasteiger partial charge on any atom is 0.326 e. The lowest BCUT2D eigenvalue weighted by molar-refractivity contribution is -0.145. The third-order valence-corrected chi connectivity index (χ3v) is 4.37. The van der Waals surface area contributed by atoms with Crippen LogP contribution in [0, 0.1) is 0 Å². The summed E-state index contributed by atoms with van der Waals surface area (Å²) in [5, 5.41) is 12.3. The number of carboxylic acid groups (broad SMARTS) is 1. The van der Waals surface area contributed by atoms with Gasteiger partial charge < -0.3 is 24.8 Å². The van der Waals surface area contributed by atoms with Crippen molar-refractivity contribution in [1.29, 1.82) is 0 Å². The molecule has 3 unspecified atom stereocenters. The summed E-state index contributed by atoms with van der Waals surface area (Å²) in [7, 11) is 3.14. The van der Waals surface area contributed by atoms with Crippen molar-refractivity contribution in [2.75, 3.05) is 20.8 Å². The zero-order chi connectivity index (χ0) is 17.7. The van der Waals surface area contributed by atoms with E-state index in [1.807, 2.05) is 31.2 Å². The SMILES string of the molecule is COc1cccc(C(C)NC(=O)N2CCC(OC)CC2C(=O)O)c1. The van der Waals surface area contributed by atoms with Crippen LogP contribution >= 0.6 is 0 Å². The first-order chi connectivity index (χ1) is 11.5. The Kier molecular flexibility index (Phi) is 6.03. The molecule has 24 heavy (non-hydrogen) atoms. The molecular formula is C17H24N2O5. The zero-order valence-electron chi connectivity index (χ0n) is 14.2. The Labute approximate surface area is 141 Å². The molecule has 1 fully saturated rings. The Morgan fingerprint density at radius 3 is 2.75 bits per heavy atom. The number of hydrogen-bond donors (Lipinski definition) is 2. The van der Waals surface area contributed by atoms with E-state index in [0.29, 0.717) is 25.1 Å². The van der Waals surface area contributed by atoms with Gasteiger partial charge in [0, 0.05) is 20.1 Å². The van der Waals surface area contributed by atoms with Gasteiger partial charge >= 0.3 is 12.0 Å². The van der Waals surface area contributed by atoms with E-state index in [1.54, 1.807) is 14.2 Å². The molecule has 1 heterocycles. The van der Waals surface area contributed by atoms with E-state index in [0.717, 1.165) is 5.56 Å². The van der Waals surface area contributed by atoms with Crippen molar-refractivity contribution in [3.8, 4) is 5.75 Å². The van der Waals surface area contributed by atoms with Crippen molar-refractivity contribution < 1.29 is 24.2 Å². The summed E-state index contributed by atoms with van der Waals surface area (Å²) >= 11 is 0. The maximum absolute atomic E-state index is 12.5. The molecule has 0 aliphatic carbocycles. The summed E-state index contributed by atoms with van der Waals surface area (Å²) in [5.41, 5.74) is 0.890. The number of benzene rings is 1. The monoisotopic (exact) mass is 336 g/mol. The predicted molar refractivity (Wildman–Crippen MR) is 88.1 cm³/mol. The highest BCUT2D eigenvalue weighted by Crippen LogP contribution is 2.22. The van der Waals surface area contributed by atoms with Crippen LogP contribution in [-0.4, -0.2) is 54.9 Å². The molecule has 2 amide bonds. The number of nitrogens with one attached hydrogen (secondary N) is 1. The molecule has 1 aliphatic rings. The fourth-order valence-corrected chi connectivity index (χ4v) is 2.89. The topological polar surface area (TPSA) is 88.1 Å². The number of carbonyl (C=O) groups excluding carboxylic acids is 1. The second-order valence-electron chi connectivity index (χ2n) is 5.88. The molecule has 0 spiro atoms. The second-order valence-corrected chi connectivity index (χ2v) is 5.88. The van der Waals surface area contributed by atoms with E-state index in [9.17, 15) is 14.7 Å². The number of ether oxygens (including phenoxy) is 2. The minimum absolute atomic E-state index is 0.133. The molecule has 7 heteroatoms. The highest BCUT2D eigenvalue weighted by atomic mass is 16.5. The van der Waals surface area contributed by atoms with Crippen molar-refractivity contribution in [2.45, 2.75) is 38.0 Å². The van der Waals surface area contributed by atoms with Crippen LogP contribution in [0.4, 0.5) is 4.79 Å². The van der Waals surface area contributed by atoms with Gasteiger partial charge in [0.15, 0.2) is 0 Å². The molecule has 0 radical (unpaired) electrons. The van der Waals surface area contributed by atoms with Crippen LogP contribution in [0.2, 0.25) is 0 Å². The Balaban J connectivity index is 2.05. The first-order valence-electron chi connectivity index (χ1n) is 7.93. The fourth-order valence-electron chi connectivity index (χ4n) is 2.89. The van der Waals surface area contributed by atoms with E-state index >= 15 is 0 Å². The average molecular weight is 336 g/mol. The number of methoxy groups -OCH3 is 2. The molecule has 2 rings (SSSR count). The first-order valence-corrected chi connectivity index (χ1v) is 7.93. The number of likely N-dealkylation sites (tertiary alicyclic amines) is 1. The predicted octanol–water partition coefficient (Wildman–Crippen LogP) is 2.03. The first kappa shape index (κ1) is 18.1. The third kappa shape index (κ3) is 4.17. The molecule has 0 aromatic heterocycles. The Morgan fingerprint density at radius 1 is 1.38 bits per heavy atom.